The highest BCUT2D eigenvalue weighted by molar-refractivity contribution is 7.99. The number of hydrogen-bond acceptors (Lipinski definition) is 3. The van der Waals surface area contributed by atoms with E-state index < -0.39 is 0 Å². The van der Waals surface area contributed by atoms with Crippen LogP contribution in [-0.4, -0.2) is 30.0 Å². The van der Waals surface area contributed by atoms with Gasteiger partial charge in [-0.3, -0.25) is 4.79 Å². The average Bonchev–Trinajstić information content (AvgIpc) is 2.43. The lowest BCUT2D eigenvalue weighted by atomic mass is 10.1. The van der Waals surface area contributed by atoms with Crippen LogP contribution in [0.3, 0.4) is 0 Å². The van der Waals surface area contributed by atoms with E-state index in [2.05, 4.69) is 31.0 Å². The Morgan fingerprint density at radius 3 is 2.74 bits per heavy atom. The average molecular weight is 276 g/mol. The molecule has 0 bridgehead atoms. The Bertz CT molecular complexity index is 500. The molecule has 19 heavy (non-hydrogen) atoms. The topological polar surface area (TPSA) is 55.1 Å². The number of hydrogen-bond donors (Lipinski definition) is 2. The minimum Gasteiger partial charge on any atom is -0.351 e. The SMILES string of the molecule is CSC(C)(C)CNC(=O)c1ccccc1C#CCN. The predicted molar refractivity (Wildman–Crippen MR) is 82.3 cm³/mol. The van der Waals surface area contributed by atoms with E-state index in [4.69, 9.17) is 5.73 Å². The van der Waals surface area contributed by atoms with Gasteiger partial charge in [-0.15, -0.1) is 0 Å². The normalized spacial score (nSPS) is 10.5. The highest BCUT2D eigenvalue weighted by Crippen LogP contribution is 2.19. The first kappa shape index (κ1) is 15.6. The fourth-order valence-electron chi connectivity index (χ4n) is 1.40. The molecule has 1 aromatic rings. The zero-order chi connectivity index (χ0) is 14.3. The fourth-order valence-corrected chi connectivity index (χ4v) is 1.61. The van der Waals surface area contributed by atoms with Gasteiger partial charge in [-0.2, -0.15) is 11.8 Å². The van der Waals surface area contributed by atoms with E-state index >= 15 is 0 Å². The molecule has 0 fully saturated rings. The third-order valence-electron chi connectivity index (χ3n) is 2.72. The van der Waals surface area contributed by atoms with Crippen molar-refractivity contribution in [2.45, 2.75) is 18.6 Å². The Morgan fingerprint density at radius 1 is 1.42 bits per heavy atom. The highest BCUT2D eigenvalue weighted by Gasteiger charge is 2.18. The van der Waals surface area contributed by atoms with E-state index in [1.165, 1.54) is 0 Å². The molecule has 3 nitrogen and oxygen atoms in total. The van der Waals surface area contributed by atoms with Gasteiger partial charge in [0.15, 0.2) is 0 Å². The van der Waals surface area contributed by atoms with Gasteiger partial charge in [-0.1, -0.05) is 24.0 Å². The van der Waals surface area contributed by atoms with Gasteiger partial charge in [0.25, 0.3) is 5.91 Å². The molecule has 0 saturated heterocycles. The zero-order valence-corrected chi connectivity index (χ0v) is 12.4. The van der Waals surface area contributed by atoms with Crippen LogP contribution in [0.4, 0.5) is 0 Å². The molecule has 0 saturated carbocycles. The summed E-state index contributed by atoms with van der Waals surface area (Å²) in [5.41, 5.74) is 6.67. The Morgan fingerprint density at radius 2 is 2.11 bits per heavy atom. The summed E-state index contributed by atoms with van der Waals surface area (Å²) in [6.45, 7) is 5.09. The van der Waals surface area contributed by atoms with Crippen LogP contribution in [0, 0.1) is 11.8 Å². The molecule has 102 valence electrons. The molecule has 0 heterocycles. The first-order chi connectivity index (χ1) is 9.00. The van der Waals surface area contributed by atoms with Crippen molar-refractivity contribution in [3.8, 4) is 11.8 Å². The molecule has 0 aliphatic heterocycles. The molecule has 0 atom stereocenters. The number of carbonyl (C=O) groups excluding carboxylic acids is 1. The number of carbonyl (C=O) groups is 1. The standard InChI is InChI=1S/C15H20N2OS/c1-15(2,19-3)11-17-14(18)13-9-5-4-7-12(13)8-6-10-16/h4-5,7,9H,10-11,16H2,1-3H3,(H,17,18). The number of benzene rings is 1. The van der Waals surface area contributed by atoms with E-state index in [0.29, 0.717) is 17.7 Å². The first-order valence-electron chi connectivity index (χ1n) is 6.11. The molecule has 0 aliphatic carbocycles. The van der Waals surface area contributed by atoms with Gasteiger partial charge in [-0.25, -0.2) is 0 Å². The van der Waals surface area contributed by atoms with E-state index in [0.717, 1.165) is 0 Å². The molecule has 0 aliphatic rings. The second kappa shape index (κ2) is 7.22. The van der Waals surface area contributed by atoms with Crippen molar-refractivity contribution in [2.75, 3.05) is 19.3 Å². The molecule has 0 aromatic heterocycles. The highest BCUT2D eigenvalue weighted by atomic mass is 32.2. The number of nitrogens with one attached hydrogen (secondary N) is 1. The van der Waals surface area contributed by atoms with Gasteiger partial charge in [-0.05, 0) is 32.2 Å². The summed E-state index contributed by atoms with van der Waals surface area (Å²) in [6.07, 6.45) is 2.03. The van der Waals surface area contributed by atoms with Crippen LogP contribution >= 0.6 is 11.8 Å². The lowest BCUT2D eigenvalue weighted by Gasteiger charge is -2.22. The molecule has 0 unspecified atom stereocenters. The van der Waals surface area contributed by atoms with E-state index in [1.54, 1.807) is 17.8 Å². The summed E-state index contributed by atoms with van der Waals surface area (Å²) >= 11 is 1.72. The first-order valence-corrected chi connectivity index (χ1v) is 7.34. The smallest absolute Gasteiger partial charge is 0.252 e. The summed E-state index contributed by atoms with van der Waals surface area (Å²) in [5.74, 6) is 5.61. The summed E-state index contributed by atoms with van der Waals surface area (Å²) in [7, 11) is 0. The minimum absolute atomic E-state index is 0.0214. The molecule has 0 radical (unpaired) electrons. The van der Waals surface area contributed by atoms with Crippen LogP contribution < -0.4 is 11.1 Å². The van der Waals surface area contributed by atoms with Crippen LogP contribution in [0.2, 0.25) is 0 Å². The second-order valence-electron chi connectivity index (χ2n) is 4.70. The predicted octanol–water partition coefficient (Wildman–Crippen LogP) is 1.87. The lowest BCUT2D eigenvalue weighted by Crippen LogP contribution is -2.36. The maximum absolute atomic E-state index is 12.2. The molecular weight excluding hydrogens is 256 g/mol. The number of amides is 1. The van der Waals surface area contributed by atoms with Crippen molar-refractivity contribution in [3.05, 3.63) is 35.4 Å². The van der Waals surface area contributed by atoms with Crippen molar-refractivity contribution in [2.24, 2.45) is 5.73 Å². The molecule has 1 aromatic carbocycles. The summed E-state index contributed by atoms with van der Waals surface area (Å²) in [6, 6.07) is 7.31. The van der Waals surface area contributed by atoms with Crippen LogP contribution in [0.5, 0.6) is 0 Å². The maximum Gasteiger partial charge on any atom is 0.252 e. The van der Waals surface area contributed by atoms with Crippen molar-refractivity contribution < 1.29 is 4.79 Å². The largest absolute Gasteiger partial charge is 0.351 e. The number of rotatable bonds is 4. The molecule has 3 N–H and O–H groups in total. The molecule has 4 heteroatoms. The van der Waals surface area contributed by atoms with Crippen LogP contribution in [-0.2, 0) is 0 Å². The summed E-state index contributed by atoms with van der Waals surface area (Å²) < 4.78 is 0.0214. The van der Waals surface area contributed by atoms with Gasteiger partial charge >= 0.3 is 0 Å². The molecule has 1 rings (SSSR count). The summed E-state index contributed by atoms with van der Waals surface area (Å²) in [4.78, 5) is 12.2. The minimum atomic E-state index is -0.0935. The fraction of sp³-hybridized carbons (Fsp3) is 0.400. The van der Waals surface area contributed by atoms with E-state index in [9.17, 15) is 4.79 Å². The monoisotopic (exact) mass is 276 g/mol. The van der Waals surface area contributed by atoms with Gasteiger partial charge in [0.1, 0.15) is 0 Å². The van der Waals surface area contributed by atoms with Crippen LogP contribution in [0.1, 0.15) is 29.8 Å². The quantitative estimate of drug-likeness (QED) is 0.826. The van der Waals surface area contributed by atoms with E-state index in [-0.39, 0.29) is 17.2 Å². The Hall–Kier alpha value is -1.44. The zero-order valence-electron chi connectivity index (χ0n) is 11.6. The van der Waals surface area contributed by atoms with Crippen molar-refractivity contribution >= 4 is 17.7 Å². The van der Waals surface area contributed by atoms with Crippen molar-refractivity contribution in [1.82, 2.24) is 5.32 Å². The van der Waals surface area contributed by atoms with Gasteiger partial charge in [0, 0.05) is 16.9 Å². The van der Waals surface area contributed by atoms with Crippen molar-refractivity contribution in [1.29, 1.82) is 0 Å². The Kier molecular flexibility index (Phi) is 5.94. The summed E-state index contributed by atoms with van der Waals surface area (Å²) in [5, 5.41) is 2.95. The third kappa shape index (κ3) is 4.98. The van der Waals surface area contributed by atoms with Crippen molar-refractivity contribution in [3.63, 3.8) is 0 Å². The molecular formula is C15H20N2OS. The number of nitrogens with two attached hydrogens (primary N) is 1. The Labute approximate surface area is 119 Å². The van der Waals surface area contributed by atoms with Gasteiger partial charge in [0.2, 0.25) is 0 Å². The number of thioether (sulfide) groups is 1. The van der Waals surface area contributed by atoms with Gasteiger partial charge in [0.05, 0.1) is 12.1 Å². The van der Waals surface area contributed by atoms with Crippen LogP contribution in [0.15, 0.2) is 24.3 Å². The molecule has 1 amide bonds. The lowest BCUT2D eigenvalue weighted by molar-refractivity contribution is 0.0950. The second-order valence-corrected chi connectivity index (χ2v) is 6.21. The Balaban J connectivity index is 2.83. The van der Waals surface area contributed by atoms with E-state index in [1.807, 2.05) is 24.5 Å². The molecule has 0 spiro atoms. The third-order valence-corrected chi connectivity index (χ3v) is 3.97. The van der Waals surface area contributed by atoms with Gasteiger partial charge < -0.3 is 11.1 Å². The van der Waals surface area contributed by atoms with Crippen LogP contribution in [0.25, 0.3) is 0 Å². The maximum atomic E-state index is 12.2.